The highest BCUT2D eigenvalue weighted by molar-refractivity contribution is 5.95. The summed E-state index contributed by atoms with van der Waals surface area (Å²) in [5.41, 5.74) is 3.18. The molecule has 2 saturated heterocycles. The summed E-state index contributed by atoms with van der Waals surface area (Å²) in [4.78, 5) is 15.8. The van der Waals surface area contributed by atoms with Crippen molar-refractivity contribution in [2.75, 3.05) is 21.3 Å². The molecule has 172 valence electrons. The summed E-state index contributed by atoms with van der Waals surface area (Å²) >= 11 is 0. The number of aryl methyl sites for hydroxylation is 1. The fraction of sp³-hybridized carbons (Fsp3) is 0.500. The predicted molar refractivity (Wildman–Crippen MR) is 125 cm³/mol. The van der Waals surface area contributed by atoms with E-state index in [-0.39, 0.29) is 11.9 Å². The average Bonchev–Trinajstić information content (AvgIpc) is 2.79. The topological polar surface area (TPSA) is 60.0 Å². The van der Waals surface area contributed by atoms with Gasteiger partial charge in [0.2, 0.25) is 5.75 Å². The number of benzene rings is 2. The van der Waals surface area contributed by atoms with Gasteiger partial charge in [0.1, 0.15) is 0 Å². The van der Waals surface area contributed by atoms with Gasteiger partial charge in [0.15, 0.2) is 11.5 Å². The van der Waals surface area contributed by atoms with Crippen LogP contribution in [0.3, 0.4) is 0 Å². The number of fused-ring (bicyclic) bond motifs is 2. The van der Waals surface area contributed by atoms with Gasteiger partial charge in [-0.3, -0.25) is 9.69 Å². The summed E-state index contributed by atoms with van der Waals surface area (Å²) in [6, 6.07) is 13.5. The minimum Gasteiger partial charge on any atom is -0.493 e. The molecule has 0 spiro atoms. The number of ether oxygens (including phenoxy) is 3. The monoisotopic (exact) mass is 438 g/mol. The van der Waals surface area contributed by atoms with E-state index in [1.807, 2.05) is 0 Å². The van der Waals surface area contributed by atoms with E-state index in [1.165, 1.54) is 30.4 Å². The molecule has 6 heteroatoms. The Kier molecular flexibility index (Phi) is 6.89. The zero-order valence-corrected chi connectivity index (χ0v) is 19.5. The molecule has 4 rings (SSSR count). The summed E-state index contributed by atoms with van der Waals surface area (Å²) in [7, 11) is 4.68. The standard InChI is InChI=1S/C26H34N2O4/c1-17-8-10-18(11-9-17)16-28-21-6-5-7-22(28)15-20(14-21)27-26(29)19-12-23(30-2)25(32-4)24(13-19)31-3/h8-13,20-22H,5-7,14-16H2,1-4H3,(H,27,29). The van der Waals surface area contributed by atoms with Crippen LogP contribution >= 0.6 is 0 Å². The fourth-order valence-electron chi connectivity index (χ4n) is 5.24. The molecule has 2 aromatic carbocycles. The number of carbonyl (C=O) groups excluding carboxylic acids is 1. The first-order valence-electron chi connectivity index (χ1n) is 11.4. The number of nitrogens with one attached hydrogen (secondary N) is 1. The van der Waals surface area contributed by atoms with Crippen molar-refractivity contribution < 1.29 is 19.0 Å². The number of nitrogens with zero attached hydrogens (tertiary/aromatic N) is 1. The Morgan fingerprint density at radius 3 is 2.09 bits per heavy atom. The average molecular weight is 439 g/mol. The molecule has 0 aromatic heterocycles. The lowest BCUT2D eigenvalue weighted by molar-refractivity contribution is 0.0177. The lowest BCUT2D eigenvalue weighted by atomic mass is 9.81. The van der Waals surface area contributed by atoms with Gasteiger partial charge in [-0.2, -0.15) is 0 Å². The first-order valence-corrected chi connectivity index (χ1v) is 11.4. The molecule has 0 radical (unpaired) electrons. The normalized spacial score (nSPS) is 22.8. The second-order valence-corrected chi connectivity index (χ2v) is 8.95. The van der Waals surface area contributed by atoms with E-state index in [0.29, 0.717) is 34.9 Å². The van der Waals surface area contributed by atoms with Crippen LogP contribution < -0.4 is 19.5 Å². The summed E-state index contributed by atoms with van der Waals surface area (Å²) in [6.45, 7) is 3.11. The van der Waals surface area contributed by atoms with Crippen LogP contribution in [0.4, 0.5) is 0 Å². The summed E-state index contributed by atoms with van der Waals surface area (Å²) in [6.07, 6.45) is 5.63. The van der Waals surface area contributed by atoms with E-state index < -0.39 is 0 Å². The van der Waals surface area contributed by atoms with Crippen molar-refractivity contribution in [2.24, 2.45) is 0 Å². The highest BCUT2D eigenvalue weighted by atomic mass is 16.5. The molecule has 2 heterocycles. The number of amides is 1. The lowest BCUT2D eigenvalue weighted by Crippen LogP contribution is -2.56. The highest BCUT2D eigenvalue weighted by Gasteiger charge is 2.38. The molecule has 2 aromatic rings. The van der Waals surface area contributed by atoms with Crippen LogP contribution in [0, 0.1) is 6.92 Å². The number of carbonyl (C=O) groups is 1. The Morgan fingerprint density at radius 2 is 1.56 bits per heavy atom. The number of hydrogen-bond acceptors (Lipinski definition) is 5. The van der Waals surface area contributed by atoms with Crippen molar-refractivity contribution in [1.29, 1.82) is 0 Å². The Bertz CT molecular complexity index is 904. The molecule has 32 heavy (non-hydrogen) atoms. The van der Waals surface area contributed by atoms with Gasteiger partial charge in [0.25, 0.3) is 5.91 Å². The van der Waals surface area contributed by atoms with Gasteiger partial charge in [-0.25, -0.2) is 0 Å². The molecule has 2 fully saturated rings. The molecule has 0 aliphatic carbocycles. The molecule has 2 atom stereocenters. The van der Waals surface area contributed by atoms with Crippen LogP contribution in [0.2, 0.25) is 0 Å². The maximum Gasteiger partial charge on any atom is 0.251 e. The molecular formula is C26H34N2O4. The van der Waals surface area contributed by atoms with E-state index in [0.717, 1.165) is 19.4 Å². The first kappa shape index (κ1) is 22.5. The van der Waals surface area contributed by atoms with Gasteiger partial charge >= 0.3 is 0 Å². The number of methoxy groups -OCH3 is 3. The van der Waals surface area contributed by atoms with Gasteiger partial charge in [-0.15, -0.1) is 0 Å². The number of rotatable bonds is 7. The van der Waals surface area contributed by atoms with Crippen molar-refractivity contribution in [3.63, 3.8) is 0 Å². The van der Waals surface area contributed by atoms with Crippen LogP contribution in [0.25, 0.3) is 0 Å². The maximum atomic E-state index is 13.1. The fourth-order valence-corrected chi connectivity index (χ4v) is 5.24. The SMILES string of the molecule is COc1cc(C(=O)NC2CC3CCCC(C2)N3Cc2ccc(C)cc2)cc(OC)c1OC. The van der Waals surface area contributed by atoms with Gasteiger partial charge in [0, 0.05) is 30.2 Å². The first-order chi connectivity index (χ1) is 15.5. The van der Waals surface area contributed by atoms with E-state index in [1.54, 1.807) is 33.5 Å². The van der Waals surface area contributed by atoms with E-state index >= 15 is 0 Å². The highest BCUT2D eigenvalue weighted by Crippen LogP contribution is 2.39. The van der Waals surface area contributed by atoms with Crippen LogP contribution in [0.1, 0.15) is 53.6 Å². The summed E-state index contributed by atoms with van der Waals surface area (Å²) in [5, 5.41) is 3.28. The lowest BCUT2D eigenvalue weighted by Gasteiger charge is -2.49. The minimum absolute atomic E-state index is 0.0979. The number of hydrogen-bond donors (Lipinski definition) is 1. The third-order valence-corrected chi connectivity index (χ3v) is 6.87. The third kappa shape index (κ3) is 4.70. The second-order valence-electron chi connectivity index (χ2n) is 8.95. The van der Waals surface area contributed by atoms with E-state index in [4.69, 9.17) is 14.2 Å². The summed E-state index contributed by atoms with van der Waals surface area (Å²) < 4.78 is 16.2. The van der Waals surface area contributed by atoms with Crippen molar-refractivity contribution in [2.45, 2.75) is 63.7 Å². The molecule has 6 nitrogen and oxygen atoms in total. The van der Waals surface area contributed by atoms with Crippen molar-refractivity contribution in [1.82, 2.24) is 10.2 Å². The molecule has 2 aliphatic rings. The van der Waals surface area contributed by atoms with Crippen molar-refractivity contribution in [3.05, 3.63) is 53.1 Å². The van der Waals surface area contributed by atoms with Crippen LogP contribution in [0.15, 0.2) is 36.4 Å². The van der Waals surface area contributed by atoms with Crippen LogP contribution in [-0.4, -0.2) is 50.3 Å². The van der Waals surface area contributed by atoms with E-state index in [2.05, 4.69) is 41.4 Å². The Labute approximate surface area is 190 Å². The van der Waals surface area contributed by atoms with Crippen molar-refractivity contribution >= 4 is 5.91 Å². The van der Waals surface area contributed by atoms with Crippen LogP contribution in [0.5, 0.6) is 17.2 Å². The molecule has 0 saturated carbocycles. The minimum atomic E-state index is -0.0979. The van der Waals surface area contributed by atoms with Gasteiger partial charge in [0.05, 0.1) is 21.3 Å². The van der Waals surface area contributed by atoms with Gasteiger partial charge in [-0.1, -0.05) is 36.2 Å². The molecule has 1 N–H and O–H groups in total. The largest absolute Gasteiger partial charge is 0.493 e. The smallest absolute Gasteiger partial charge is 0.251 e. The van der Waals surface area contributed by atoms with Crippen molar-refractivity contribution in [3.8, 4) is 17.2 Å². The second kappa shape index (κ2) is 9.82. The quantitative estimate of drug-likeness (QED) is 0.697. The maximum absolute atomic E-state index is 13.1. The van der Waals surface area contributed by atoms with E-state index in [9.17, 15) is 4.79 Å². The molecular weight excluding hydrogens is 404 g/mol. The molecule has 2 unspecified atom stereocenters. The van der Waals surface area contributed by atoms with Gasteiger partial charge in [-0.05, 0) is 50.3 Å². The number of piperidine rings is 2. The molecule has 2 aliphatic heterocycles. The van der Waals surface area contributed by atoms with Gasteiger partial charge < -0.3 is 19.5 Å². The Balaban J connectivity index is 1.45. The zero-order valence-electron chi connectivity index (χ0n) is 19.5. The van der Waals surface area contributed by atoms with Crippen LogP contribution in [-0.2, 0) is 6.54 Å². The Hall–Kier alpha value is -2.73. The zero-order chi connectivity index (χ0) is 22.7. The predicted octanol–water partition coefficient (Wildman–Crippen LogP) is 4.34. The Morgan fingerprint density at radius 1 is 0.969 bits per heavy atom. The third-order valence-electron chi connectivity index (χ3n) is 6.87. The molecule has 2 bridgehead atoms. The molecule has 1 amide bonds. The summed E-state index contributed by atoms with van der Waals surface area (Å²) in [5.74, 6) is 1.37.